The highest BCUT2D eigenvalue weighted by Crippen LogP contribution is 2.24. The molecule has 0 aliphatic heterocycles. The van der Waals surface area contributed by atoms with Crippen LogP contribution in [0.4, 0.5) is 10.1 Å². The third-order valence-corrected chi connectivity index (χ3v) is 3.65. The molecule has 0 fully saturated rings. The lowest BCUT2D eigenvalue weighted by Crippen LogP contribution is -2.24. The molecule has 0 saturated carbocycles. The first kappa shape index (κ1) is 18.1. The number of rotatable bonds is 5. The Balaban J connectivity index is 1.73. The van der Waals surface area contributed by atoms with E-state index in [9.17, 15) is 18.8 Å². The Kier molecular flexibility index (Phi) is 5.16. The molecule has 1 amide bonds. The third-order valence-electron chi connectivity index (χ3n) is 3.65. The van der Waals surface area contributed by atoms with Crippen LogP contribution < -0.4 is 15.7 Å². The largest absolute Gasteiger partial charge is 0.493 e. The van der Waals surface area contributed by atoms with Gasteiger partial charge in [-0.25, -0.2) is 14.0 Å². The van der Waals surface area contributed by atoms with Crippen LogP contribution in [0.3, 0.4) is 0 Å². The van der Waals surface area contributed by atoms with Crippen molar-refractivity contribution in [1.82, 2.24) is 0 Å². The molecule has 0 aliphatic rings. The van der Waals surface area contributed by atoms with E-state index < -0.39 is 29.9 Å². The normalized spacial score (nSPS) is 10.4. The summed E-state index contributed by atoms with van der Waals surface area (Å²) in [6.45, 7) is -0.692. The number of carbonyl (C=O) groups is 2. The number of carbonyl (C=O) groups excluding carboxylic acids is 2. The molecule has 7 nitrogen and oxygen atoms in total. The molecular formula is C19H14FNO6. The first-order valence-electron chi connectivity index (χ1n) is 7.82. The minimum atomic E-state index is -1.03. The summed E-state index contributed by atoms with van der Waals surface area (Å²) in [5.41, 5.74) is -1.14. The average Bonchev–Trinajstić information content (AvgIpc) is 2.67. The highest BCUT2D eigenvalue weighted by atomic mass is 19.1. The van der Waals surface area contributed by atoms with Crippen molar-refractivity contribution in [3.63, 3.8) is 0 Å². The first-order valence-corrected chi connectivity index (χ1v) is 7.82. The van der Waals surface area contributed by atoms with Crippen molar-refractivity contribution in [2.45, 2.75) is 0 Å². The van der Waals surface area contributed by atoms with E-state index in [2.05, 4.69) is 5.32 Å². The second kappa shape index (κ2) is 7.69. The van der Waals surface area contributed by atoms with Gasteiger partial charge in [-0.15, -0.1) is 0 Å². The Bertz CT molecular complexity index is 1080. The number of benzene rings is 2. The summed E-state index contributed by atoms with van der Waals surface area (Å²) in [5, 5.41) is 2.72. The van der Waals surface area contributed by atoms with Crippen molar-refractivity contribution in [3.8, 4) is 5.75 Å². The minimum absolute atomic E-state index is 0.0455. The van der Waals surface area contributed by atoms with E-state index in [0.717, 1.165) is 0 Å². The maximum atomic E-state index is 13.5. The standard InChI is InChI=1S/C19H14FNO6/c1-25-15-8-4-5-11-9-12(19(24)27-17(11)15)18(23)26-10-16(22)21-14-7-3-2-6-13(14)20/h2-9H,10H2,1H3,(H,21,22). The van der Waals surface area contributed by atoms with Crippen LogP contribution >= 0.6 is 0 Å². The third kappa shape index (κ3) is 3.95. The van der Waals surface area contributed by atoms with E-state index in [1.54, 1.807) is 24.3 Å². The van der Waals surface area contributed by atoms with Gasteiger partial charge in [0.1, 0.15) is 11.4 Å². The fraction of sp³-hybridized carbons (Fsp3) is 0.105. The summed E-state index contributed by atoms with van der Waals surface area (Å²) in [5.74, 6) is -2.06. The zero-order valence-corrected chi connectivity index (χ0v) is 14.2. The van der Waals surface area contributed by atoms with Crippen LogP contribution in [-0.4, -0.2) is 25.6 Å². The number of fused-ring (bicyclic) bond motifs is 1. The van der Waals surface area contributed by atoms with Crippen LogP contribution in [-0.2, 0) is 9.53 Å². The minimum Gasteiger partial charge on any atom is -0.493 e. The van der Waals surface area contributed by atoms with Crippen LogP contribution in [0.2, 0.25) is 0 Å². The van der Waals surface area contributed by atoms with E-state index in [4.69, 9.17) is 13.9 Å². The summed E-state index contributed by atoms with van der Waals surface area (Å²) >= 11 is 0. The second-order valence-corrected chi connectivity index (χ2v) is 5.43. The Labute approximate surface area is 152 Å². The van der Waals surface area contributed by atoms with Gasteiger partial charge in [-0.2, -0.15) is 0 Å². The van der Waals surface area contributed by atoms with Gasteiger partial charge in [-0.05, 0) is 24.3 Å². The van der Waals surface area contributed by atoms with Crippen molar-refractivity contribution >= 4 is 28.5 Å². The van der Waals surface area contributed by atoms with Crippen LogP contribution in [0.1, 0.15) is 10.4 Å². The Morgan fingerprint density at radius 1 is 1.15 bits per heavy atom. The lowest BCUT2D eigenvalue weighted by Gasteiger charge is -2.08. The monoisotopic (exact) mass is 371 g/mol. The molecule has 0 spiro atoms. The maximum absolute atomic E-state index is 13.5. The van der Waals surface area contributed by atoms with E-state index in [1.807, 2.05) is 0 Å². The number of esters is 1. The molecule has 27 heavy (non-hydrogen) atoms. The molecule has 0 radical (unpaired) electrons. The molecule has 0 atom stereocenters. The number of hydrogen-bond acceptors (Lipinski definition) is 6. The van der Waals surface area contributed by atoms with Gasteiger partial charge in [-0.3, -0.25) is 4.79 Å². The summed E-state index contributed by atoms with van der Waals surface area (Å²) < 4.78 is 28.5. The number of nitrogens with one attached hydrogen (secondary N) is 1. The van der Waals surface area contributed by atoms with Crippen LogP contribution in [0, 0.1) is 5.82 Å². The van der Waals surface area contributed by atoms with Gasteiger partial charge in [0.25, 0.3) is 5.91 Å². The molecule has 0 unspecified atom stereocenters. The number of amides is 1. The molecule has 1 aromatic heterocycles. The molecule has 8 heteroatoms. The topological polar surface area (TPSA) is 94.8 Å². The van der Waals surface area contributed by atoms with Crippen molar-refractivity contribution < 1.29 is 27.9 Å². The number of ether oxygens (including phenoxy) is 2. The molecular weight excluding hydrogens is 357 g/mol. The Morgan fingerprint density at radius 3 is 2.67 bits per heavy atom. The highest BCUT2D eigenvalue weighted by Gasteiger charge is 2.18. The van der Waals surface area contributed by atoms with Crippen LogP contribution in [0.25, 0.3) is 11.0 Å². The Morgan fingerprint density at radius 2 is 1.93 bits per heavy atom. The summed E-state index contributed by atoms with van der Waals surface area (Å²) in [6.07, 6.45) is 0. The average molecular weight is 371 g/mol. The smallest absolute Gasteiger partial charge is 0.351 e. The zero-order chi connectivity index (χ0) is 19.4. The highest BCUT2D eigenvalue weighted by molar-refractivity contribution is 5.97. The molecule has 1 N–H and O–H groups in total. The van der Waals surface area contributed by atoms with Gasteiger partial charge in [0, 0.05) is 5.39 Å². The summed E-state index contributed by atoms with van der Waals surface area (Å²) in [7, 11) is 1.42. The first-order chi connectivity index (χ1) is 13.0. The van der Waals surface area contributed by atoms with Gasteiger partial charge >= 0.3 is 11.6 Å². The summed E-state index contributed by atoms with van der Waals surface area (Å²) in [4.78, 5) is 36.0. The number of methoxy groups -OCH3 is 1. The van der Waals surface area contributed by atoms with Crippen molar-refractivity contribution in [3.05, 3.63) is 70.3 Å². The van der Waals surface area contributed by atoms with E-state index >= 15 is 0 Å². The van der Waals surface area contributed by atoms with Gasteiger partial charge in [0.05, 0.1) is 12.8 Å². The summed E-state index contributed by atoms with van der Waals surface area (Å²) in [6, 6.07) is 11.7. The number of anilines is 1. The predicted molar refractivity (Wildman–Crippen MR) is 94.3 cm³/mol. The number of halogens is 1. The fourth-order valence-electron chi connectivity index (χ4n) is 2.38. The molecule has 2 aromatic carbocycles. The molecule has 0 aliphatic carbocycles. The van der Waals surface area contributed by atoms with Crippen molar-refractivity contribution in [2.75, 3.05) is 19.0 Å². The molecule has 3 rings (SSSR count). The van der Waals surface area contributed by atoms with Crippen molar-refractivity contribution in [1.29, 1.82) is 0 Å². The lowest BCUT2D eigenvalue weighted by molar-refractivity contribution is -0.119. The molecule has 3 aromatic rings. The van der Waals surface area contributed by atoms with Gasteiger partial charge in [0.2, 0.25) is 0 Å². The van der Waals surface area contributed by atoms with Crippen LogP contribution in [0.5, 0.6) is 5.75 Å². The van der Waals surface area contributed by atoms with Crippen molar-refractivity contribution in [2.24, 2.45) is 0 Å². The van der Waals surface area contributed by atoms with Gasteiger partial charge < -0.3 is 19.2 Å². The number of hydrogen-bond donors (Lipinski definition) is 1. The van der Waals surface area contributed by atoms with E-state index in [1.165, 1.54) is 31.4 Å². The number of para-hydroxylation sites is 2. The Hall–Kier alpha value is -3.68. The zero-order valence-electron chi connectivity index (χ0n) is 14.2. The lowest BCUT2D eigenvalue weighted by atomic mass is 10.2. The quantitative estimate of drug-likeness (QED) is 0.547. The van der Waals surface area contributed by atoms with Gasteiger partial charge in [-0.1, -0.05) is 24.3 Å². The molecule has 0 bridgehead atoms. The van der Waals surface area contributed by atoms with E-state index in [-0.39, 0.29) is 16.8 Å². The van der Waals surface area contributed by atoms with Gasteiger partial charge in [0.15, 0.2) is 17.9 Å². The maximum Gasteiger partial charge on any atom is 0.351 e. The SMILES string of the molecule is COc1cccc2cc(C(=O)OCC(=O)Nc3ccccc3F)c(=O)oc12. The predicted octanol–water partition coefficient (Wildman–Crippen LogP) is 2.74. The molecule has 1 heterocycles. The van der Waals surface area contributed by atoms with E-state index in [0.29, 0.717) is 11.1 Å². The second-order valence-electron chi connectivity index (χ2n) is 5.43. The van der Waals surface area contributed by atoms with Crippen LogP contribution in [0.15, 0.2) is 57.7 Å². The molecule has 0 saturated heterocycles. The fourth-order valence-corrected chi connectivity index (χ4v) is 2.38. The molecule has 138 valence electrons.